The molecule has 5 aliphatic rings. The van der Waals surface area contributed by atoms with Crippen LogP contribution >= 0.6 is 23.2 Å². The Morgan fingerprint density at radius 2 is 1.73 bits per heavy atom. The predicted molar refractivity (Wildman–Crippen MR) is 151 cm³/mol. The lowest BCUT2D eigenvalue weighted by Gasteiger charge is -2.34. The molecule has 11 heteroatoms. The second-order valence-electron chi connectivity index (χ2n) is 11.5. The van der Waals surface area contributed by atoms with E-state index in [4.69, 9.17) is 32.7 Å². The summed E-state index contributed by atoms with van der Waals surface area (Å²) in [5, 5.41) is 6.90. The summed E-state index contributed by atoms with van der Waals surface area (Å²) in [7, 11) is 0. The SMILES string of the molecule is O=C(Nc1cc(Cl)cc(Cl)c1)C1[C@@H]2C=CC3(O2)C(C(=O)NC2CCCCC2)N(CCCN2CCOCC2)C(=O)[C@H]13. The van der Waals surface area contributed by atoms with Gasteiger partial charge >= 0.3 is 0 Å². The predicted octanol–water partition coefficient (Wildman–Crippen LogP) is 3.25. The molecule has 1 saturated carbocycles. The Morgan fingerprint density at radius 3 is 2.45 bits per heavy atom. The van der Waals surface area contributed by atoms with Gasteiger partial charge in [-0.2, -0.15) is 0 Å². The Kier molecular flexibility index (Phi) is 8.12. The van der Waals surface area contributed by atoms with Crippen molar-refractivity contribution in [2.75, 3.05) is 44.7 Å². The molecule has 1 spiro atoms. The highest BCUT2D eigenvalue weighted by atomic mass is 35.5. The van der Waals surface area contributed by atoms with E-state index in [9.17, 15) is 14.4 Å². The monoisotopic (exact) mass is 590 g/mol. The van der Waals surface area contributed by atoms with Gasteiger partial charge in [0.25, 0.3) is 0 Å². The minimum atomic E-state index is -1.17. The number of morpholine rings is 1. The Hall–Kier alpha value is -2.17. The third-order valence-corrected chi connectivity index (χ3v) is 9.42. The standard InChI is InChI=1S/C29H36Cl2N4O5/c30-18-15-19(31)17-21(16-18)33-26(36)23-22-7-8-29(40-22)24(23)28(38)35(10-4-9-34-11-13-39-14-12-34)25(29)27(37)32-20-5-2-1-3-6-20/h7-8,15-17,20,22-25H,1-6,9-14H2,(H,32,37)(H,33,36)/t22-,23?,24-,25?,29?/m0/s1. The topological polar surface area (TPSA) is 100 Å². The third-order valence-electron chi connectivity index (χ3n) is 8.98. The van der Waals surface area contributed by atoms with Crippen LogP contribution in [0.15, 0.2) is 30.4 Å². The minimum Gasteiger partial charge on any atom is -0.379 e. The van der Waals surface area contributed by atoms with Crippen molar-refractivity contribution in [3.8, 4) is 0 Å². The van der Waals surface area contributed by atoms with Crippen LogP contribution in [0.1, 0.15) is 38.5 Å². The number of fused-ring (bicyclic) bond motifs is 1. The van der Waals surface area contributed by atoms with Crippen molar-refractivity contribution in [3.05, 3.63) is 40.4 Å². The number of likely N-dealkylation sites (tertiary alicyclic amines) is 1. The van der Waals surface area contributed by atoms with Crippen molar-refractivity contribution < 1.29 is 23.9 Å². The maximum absolute atomic E-state index is 14.1. The summed E-state index contributed by atoms with van der Waals surface area (Å²) in [6, 6.07) is 4.08. The summed E-state index contributed by atoms with van der Waals surface area (Å²) < 4.78 is 11.9. The average Bonchev–Trinajstić information content (AvgIpc) is 3.57. The molecule has 1 aliphatic carbocycles. The summed E-state index contributed by atoms with van der Waals surface area (Å²) >= 11 is 12.3. The number of carbonyl (C=O) groups excluding carboxylic acids is 3. The summed E-state index contributed by atoms with van der Waals surface area (Å²) in [5.74, 6) is -2.31. The van der Waals surface area contributed by atoms with E-state index in [-0.39, 0.29) is 23.8 Å². The van der Waals surface area contributed by atoms with E-state index in [2.05, 4.69) is 15.5 Å². The normalized spacial score (nSPS) is 31.9. The molecule has 2 bridgehead atoms. The number of ether oxygens (including phenoxy) is 2. The van der Waals surface area contributed by atoms with Crippen LogP contribution < -0.4 is 10.6 Å². The molecule has 5 atom stereocenters. The fourth-order valence-corrected chi connectivity index (χ4v) is 7.70. The quantitative estimate of drug-likeness (QED) is 0.451. The van der Waals surface area contributed by atoms with E-state index < -0.39 is 29.6 Å². The molecule has 9 nitrogen and oxygen atoms in total. The largest absolute Gasteiger partial charge is 0.379 e. The molecule has 3 unspecified atom stereocenters. The van der Waals surface area contributed by atoms with Crippen LogP contribution in [-0.2, 0) is 23.9 Å². The molecule has 216 valence electrons. The van der Waals surface area contributed by atoms with Crippen molar-refractivity contribution in [1.82, 2.24) is 15.1 Å². The number of anilines is 1. The molecule has 4 fully saturated rings. The lowest BCUT2D eigenvalue weighted by Crippen LogP contribution is -2.56. The number of hydrogen-bond donors (Lipinski definition) is 2. The van der Waals surface area contributed by atoms with Crippen LogP contribution in [0.2, 0.25) is 10.0 Å². The highest BCUT2D eigenvalue weighted by molar-refractivity contribution is 6.35. The Bertz CT molecular complexity index is 1160. The molecular weight excluding hydrogens is 555 g/mol. The van der Waals surface area contributed by atoms with E-state index in [1.54, 1.807) is 23.1 Å². The zero-order chi connectivity index (χ0) is 27.9. The molecule has 4 heterocycles. The van der Waals surface area contributed by atoms with Gasteiger partial charge in [-0.05, 0) is 37.5 Å². The Labute approximate surface area is 244 Å². The molecule has 4 aliphatic heterocycles. The number of amides is 3. The molecule has 2 N–H and O–H groups in total. The molecule has 0 aromatic heterocycles. The first-order valence-electron chi connectivity index (χ1n) is 14.4. The smallest absolute Gasteiger partial charge is 0.246 e. The van der Waals surface area contributed by atoms with E-state index in [0.717, 1.165) is 45.3 Å². The zero-order valence-corrected chi connectivity index (χ0v) is 24.0. The second-order valence-corrected chi connectivity index (χ2v) is 12.4. The molecule has 1 aromatic rings. The van der Waals surface area contributed by atoms with E-state index in [0.29, 0.717) is 41.9 Å². The van der Waals surface area contributed by atoms with Gasteiger partial charge in [-0.1, -0.05) is 54.6 Å². The lowest BCUT2D eigenvalue weighted by atomic mass is 9.74. The fraction of sp³-hybridized carbons (Fsp3) is 0.621. The molecular formula is C29H36Cl2N4O5. The van der Waals surface area contributed by atoms with Crippen molar-refractivity contribution in [1.29, 1.82) is 0 Å². The van der Waals surface area contributed by atoms with Gasteiger partial charge in [-0.25, -0.2) is 0 Å². The van der Waals surface area contributed by atoms with Gasteiger partial charge in [0.2, 0.25) is 17.7 Å². The first-order chi connectivity index (χ1) is 19.4. The Balaban J connectivity index is 1.24. The maximum Gasteiger partial charge on any atom is 0.246 e. The minimum absolute atomic E-state index is 0.0938. The van der Waals surface area contributed by atoms with Crippen molar-refractivity contribution >= 4 is 46.6 Å². The van der Waals surface area contributed by atoms with Gasteiger partial charge in [-0.15, -0.1) is 0 Å². The summed E-state index contributed by atoms with van der Waals surface area (Å²) in [6.07, 6.45) is 9.02. The second kappa shape index (κ2) is 11.6. The number of halogens is 2. The summed E-state index contributed by atoms with van der Waals surface area (Å²) in [4.78, 5) is 45.7. The first-order valence-corrected chi connectivity index (χ1v) is 15.2. The van der Waals surface area contributed by atoms with Crippen LogP contribution in [0.25, 0.3) is 0 Å². The summed E-state index contributed by atoms with van der Waals surface area (Å²) in [5.41, 5.74) is -0.726. The van der Waals surface area contributed by atoms with Gasteiger partial charge in [-0.3, -0.25) is 19.3 Å². The fourth-order valence-electron chi connectivity index (χ4n) is 7.18. The van der Waals surface area contributed by atoms with E-state index in [1.165, 1.54) is 6.42 Å². The van der Waals surface area contributed by atoms with Crippen LogP contribution in [0.4, 0.5) is 5.69 Å². The molecule has 0 radical (unpaired) electrons. The van der Waals surface area contributed by atoms with Crippen LogP contribution in [0.3, 0.4) is 0 Å². The van der Waals surface area contributed by atoms with E-state index >= 15 is 0 Å². The van der Waals surface area contributed by atoms with Crippen LogP contribution in [0.5, 0.6) is 0 Å². The van der Waals surface area contributed by atoms with Crippen LogP contribution in [0, 0.1) is 11.8 Å². The number of nitrogens with zero attached hydrogens (tertiary/aromatic N) is 2. The average molecular weight is 592 g/mol. The van der Waals surface area contributed by atoms with Crippen molar-refractivity contribution in [2.45, 2.75) is 62.3 Å². The Morgan fingerprint density at radius 1 is 1.00 bits per heavy atom. The number of hydrogen-bond acceptors (Lipinski definition) is 6. The van der Waals surface area contributed by atoms with Gasteiger partial charge in [0.15, 0.2) is 0 Å². The summed E-state index contributed by atoms with van der Waals surface area (Å²) in [6.45, 7) is 4.34. The first kappa shape index (κ1) is 28.0. The van der Waals surface area contributed by atoms with Gasteiger partial charge in [0.05, 0.1) is 31.2 Å². The maximum atomic E-state index is 14.1. The van der Waals surface area contributed by atoms with Crippen molar-refractivity contribution in [2.24, 2.45) is 11.8 Å². The van der Waals surface area contributed by atoms with Gasteiger partial charge in [0.1, 0.15) is 11.6 Å². The molecule has 3 saturated heterocycles. The van der Waals surface area contributed by atoms with Crippen molar-refractivity contribution in [3.63, 3.8) is 0 Å². The molecule has 3 amide bonds. The number of benzene rings is 1. The van der Waals surface area contributed by atoms with Gasteiger partial charge < -0.3 is 25.0 Å². The number of nitrogens with one attached hydrogen (secondary N) is 2. The third kappa shape index (κ3) is 5.27. The molecule has 6 rings (SSSR count). The van der Waals surface area contributed by atoms with Crippen LogP contribution in [-0.4, -0.2) is 90.7 Å². The lowest BCUT2D eigenvalue weighted by molar-refractivity contribution is -0.141. The zero-order valence-electron chi connectivity index (χ0n) is 22.5. The number of carbonyl (C=O) groups is 3. The highest BCUT2D eigenvalue weighted by Gasteiger charge is 2.72. The molecule has 1 aromatic carbocycles. The van der Waals surface area contributed by atoms with E-state index in [1.807, 2.05) is 12.2 Å². The molecule has 40 heavy (non-hydrogen) atoms. The number of rotatable bonds is 8. The van der Waals surface area contributed by atoms with Gasteiger partial charge in [0, 0.05) is 48.0 Å². The highest BCUT2D eigenvalue weighted by Crippen LogP contribution is 2.55.